The number of allylic oxidation sites excluding steroid dienone is 1. The molecule has 3 atom stereocenters. The molecule has 0 spiro atoms. The van der Waals surface area contributed by atoms with Crippen molar-refractivity contribution in [3.8, 4) is 0 Å². The van der Waals surface area contributed by atoms with Crippen molar-refractivity contribution in [1.29, 1.82) is 0 Å². The van der Waals surface area contributed by atoms with Gasteiger partial charge in [-0.05, 0) is 40.5 Å². The standard InChI is InChI=1S/C11H20O/c1-5-8(2)11-7-6-9(3)12-10(11)4/h5,9-11H,6-7H2,1-4H3/b8-5+. The molecule has 70 valence electrons. The Morgan fingerprint density at radius 2 is 2.00 bits per heavy atom. The van der Waals surface area contributed by atoms with Crippen molar-refractivity contribution in [2.75, 3.05) is 0 Å². The first-order chi connectivity index (χ1) is 5.65. The Morgan fingerprint density at radius 3 is 2.50 bits per heavy atom. The Kier molecular flexibility index (Phi) is 3.33. The molecule has 1 heterocycles. The molecule has 0 N–H and O–H groups in total. The largest absolute Gasteiger partial charge is 0.375 e. The second kappa shape index (κ2) is 4.08. The van der Waals surface area contributed by atoms with Crippen LogP contribution in [-0.4, -0.2) is 12.2 Å². The highest BCUT2D eigenvalue weighted by Gasteiger charge is 2.26. The Labute approximate surface area is 75.8 Å². The van der Waals surface area contributed by atoms with Gasteiger partial charge in [0.25, 0.3) is 0 Å². The zero-order chi connectivity index (χ0) is 9.14. The summed E-state index contributed by atoms with van der Waals surface area (Å²) in [6.07, 6.45) is 5.57. The van der Waals surface area contributed by atoms with Gasteiger partial charge in [-0.15, -0.1) is 0 Å². The lowest BCUT2D eigenvalue weighted by Gasteiger charge is -2.33. The predicted molar refractivity (Wildman–Crippen MR) is 52.2 cm³/mol. The topological polar surface area (TPSA) is 9.23 Å². The Morgan fingerprint density at radius 1 is 1.33 bits per heavy atom. The van der Waals surface area contributed by atoms with Crippen LogP contribution in [0.2, 0.25) is 0 Å². The molecule has 3 unspecified atom stereocenters. The zero-order valence-corrected chi connectivity index (χ0v) is 8.63. The molecule has 12 heavy (non-hydrogen) atoms. The fraction of sp³-hybridized carbons (Fsp3) is 0.818. The lowest BCUT2D eigenvalue weighted by molar-refractivity contribution is -0.0546. The monoisotopic (exact) mass is 168 g/mol. The van der Waals surface area contributed by atoms with Crippen LogP contribution in [0.4, 0.5) is 0 Å². The number of hydrogen-bond acceptors (Lipinski definition) is 1. The molecule has 0 aliphatic carbocycles. The molecule has 1 rings (SSSR count). The molecule has 1 heteroatoms. The van der Waals surface area contributed by atoms with Crippen LogP contribution in [0, 0.1) is 5.92 Å². The Hall–Kier alpha value is -0.300. The maximum absolute atomic E-state index is 5.78. The minimum atomic E-state index is 0.407. The molecule has 0 aromatic carbocycles. The van der Waals surface area contributed by atoms with Crippen LogP contribution in [0.3, 0.4) is 0 Å². The minimum Gasteiger partial charge on any atom is -0.375 e. The summed E-state index contributed by atoms with van der Waals surface area (Å²) in [6, 6.07) is 0. The van der Waals surface area contributed by atoms with Gasteiger partial charge in [0.05, 0.1) is 12.2 Å². The van der Waals surface area contributed by atoms with Crippen LogP contribution in [-0.2, 0) is 4.74 Å². The minimum absolute atomic E-state index is 0.407. The van der Waals surface area contributed by atoms with Crippen LogP contribution in [0.1, 0.15) is 40.5 Å². The van der Waals surface area contributed by atoms with Gasteiger partial charge in [0, 0.05) is 5.92 Å². The fourth-order valence-electron chi connectivity index (χ4n) is 1.99. The second-order valence-corrected chi connectivity index (χ2v) is 3.87. The van der Waals surface area contributed by atoms with Gasteiger partial charge >= 0.3 is 0 Å². The van der Waals surface area contributed by atoms with Crippen LogP contribution in [0.25, 0.3) is 0 Å². The van der Waals surface area contributed by atoms with E-state index in [4.69, 9.17) is 4.74 Å². The zero-order valence-electron chi connectivity index (χ0n) is 8.63. The molecule has 1 saturated heterocycles. The van der Waals surface area contributed by atoms with Gasteiger partial charge in [0.1, 0.15) is 0 Å². The van der Waals surface area contributed by atoms with E-state index in [1.165, 1.54) is 18.4 Å². The summed E-state index contributed by atoms with van der Waals surface area (Å²) in [5, 5.41) is 0. The normalized spacial score (nSPS) is 38.3. The van der Waals surface area contributed by atoms with E-state index in [0.717, 1.165) is 0 Å². The van der Waals surface area contributed by atoms with Crippen molar-refractivity contribution in [2.45, 2.75) is 52.7 Å². The first-order valence-corrected chi connectivity index (χ1v) is 4.93. The van der Waals surface area contributed by atoms with Gasteiger partial charge in [-0.25, -0.2) is 0 Å². The van der Waals surface area contributed by atoms with E-state index in [0.29, 0.717) is 18.1 Å². The SMILES string of the molecule is C/C=C(\C)C1CCC(C)OC1C. The molecule has 1 nitrogen and oxygen atoms in total. The van der Waals surface area contributed by atoms with Crippen molar-refractivity contribution >= 4 is 0 Å². The van der Waals surface area contributed by atoms with Crippen LogP contribution in [0.15, 0.2) is 11.6 Å². The highest BCUT2D eigenvalue weighted by molar-refractivity contribution is 5.05. The third-order valence-corrected chi connectivity index (χ3v) is 2.94. The van der Waals surface area contributed by atoms with Gasteiger partial charge < -0.3 is 4.74 Å². The summed E-state index contributed by atoms with van der Waals surface area (Å²) in [5.41, 5.74) is 1.48. The van der Waals surface area contributed by atoms with Crippen molar-refractivity contribution in [1.82, 2.24) is 0 Å². The summed E-state index contributed by atoms with van der Waals surface area (Å²) >= 11 is 0. The van der Waals surface area contributed by atoms with Gasteiger partial charge in [-0.1, -0.05) is 11.6 Å². The lowest BCUT2D eigenvalue weighted by Crippen LogP contribution is -2.32. The van der Waals surface area contributed by atoms with Crippen LogP contribution in [0.5, 0.6) is 0 Å². The third kappa shape index (κ3) is 2.10. The smallest absolute Gasteiger partial charge is 0.0615 e. The van der Waals surface area contributed by atoms with Crippen molar-refractivity contribution < 1.29 is 4.74 Å². The van der Waals surface area contributed by atoms with E-state index >= 15 is 0 Å². The molecule has 0 aromatic rings. The average Bonchev–Trinajstić information content (AvgIpc) is 2.03. The highest BCUT2D eigenvalue weighted by atomic mass is 16.5. The second-order valence-electron chi connectivity index (χ2n) is 3.87. The molecular formula is C11H20O. The quantitative estimate of drug-likeness (QED) is 0.546. The van der Waals surface area contributed by atoms with E-state index < -0.39 is 0 Å². The third-order valence-electron chi connectivity index (χ3n) is 2.94. The number of hydrogen-bond donors (Lipinski definition) is 0. The molecule has 0 amide bonds. The van der Waals surface area contributed by atoms with Gasteiger partial charge in [-0.2, -0.15) is 0 Å². The molecule has 0 bridgehead atoms. The van der Waals surface area contributed by atoms with E-state index in [-0.39, 0.29) is 0 Å². The lowest BCUT2D eigenvalue weighted by atomic mass is 9.87. The van der Waals surface area contributed by atoms with E-state index in [1.807, 2.05) is 0 Å². The van der Waals surface area contributed by atoms with Crippen molar-refractivity contribution in [2.24, 2.45) is 5.92 Å². The molecule has 1 aliphatic heterocycles. The summed E-state index contributed by atoms with van der Waals surface area (Å²) in [4.78, 5) is 0. The highest BCUT2D eigenvalue weighted by Crippen LogP contribution is 2.29. The number of rotatable bonds is 1. The van der Waals surface area contributed by atoms with Crippen LogP contribution < -0.4 is 0 Å². The van der Waals surface area contributed by atoms with Gasteiger partial charge in [-0.3, -0.25) is 0 Å². The molecule has 1 fully saturated rings. The summed E-state index contributed by atoms with van der Waals surface area (Å²) in [6.45, 7) is 8.67. The molecule has 0 radical (unpaired) electrons. The van der Waals surface area contributed by atoms with Crippen molar-refractivity contribution in [3.05, 3.63) is 11.6 Å². The molecular weight excluding hydrogens is 148 g/mol. The molecule has 1 aliphatic rings. The first kappa shape index (κ1) is 9.79. The van der Waals surface area contributed by atoms with Crippen LogP contribution >= 0.6 is 0 Å². The van der Waals surface area contributed by atoms with Gasteiger partial charge in [0.2, 0.25) is 0 Å². The summed E-state index contributed by atoms with van der Waals surface area (Å²) in [5.74, 6) is 0.659. The summed E-state index contributed by atoms with van der Waals surface area (Å²) < 4.78 is 5.78. The Bertz CT molecular complexity index is 172. The van der Waals surface area contributed by atoms with Gasteiger partial charge in [0.15, 0.2) is 0 Å². The maximum Gasteiger partial charge on any atom is 0.0615 e. The molecule has 0 aromatic heterocycles. The van der Waals surface area contributed by atoms with E-state index in [2.05, 4.69) is 33.8 Å². The predicted octanol–water partition coefficient (Wildman–Crippen LogP) is 3.16. The first-order valence-electron chi connectivity index (χ1n) is 4.93. The Balaban J connectivity index is 2.56. The van der Waals surface area contributed by atoms with E-state index in [9.17, 15) is 0 Å². The number of ether oxygens (including phenoxy) is 1. The average molecular weight is 168 g/mol. The summed E-state index contributed by atoms with van der Waals surface area (Å²) in [7, 11) is 0. The molecule has 0 saturated carbocycles. The fourth-order valence-corrected chi connectivity index (χ4v) is 1.99. The van der Waals surface area contributed by atoms with E-state index in [1.54, 1.807) is 0 Å². The van der Waals surface area contributed by atoms with Crippen molar-refractivity contribution in [3.63, 3.8) is 0 Å². The maximum atomic E-state index is 5.78.